The number of hydrazine groups is 1. The number of carbonyl (C=O) groups excluding carboxylic acids is 2. The van der Waals surface area contributed by atoms with Crippen molar-refractivity contribution >= 4 is 18.0 Å². The van der Waals surface area contributed by atoms with Gasteiger partial charge in [0.05, 0.1) is 0 Å². The summed E-state index contributed by atoms with van der Waals surface area (Å²) in [4.78, 5) is 21.5. The molecule has 1 atom stereocenters. The van der Waals surface area contributed by atoms with E-state index in [0.29, 0.717) is 5.70 Å². The van der Waals surface area contributed by atoms with Crippen LogP contribution in [0, 0.1) is 0 Å². The number of likely N-dealkylation sites (N-methyl/N-ethyl adjacent to an activating group) is 1. The van der Waals surface area contributed by atoms with Crippen LogP contribution in [-0.4, -0.2) is 35.7 Å². The molecular weight excluding hydrogens is 184 g/mol. The Labute approximate surface area is 81.4 Å². The van der Waals surface area contributed by atoms with Gasteiger partial charge in [-0.15, -0.1) is 0 Å². The summed E-state index contributed by atoms with van der Waals surface area (Å²) in [5, 5.41) is 0. The highest BCUT2D eigenvalue weighted by Gasteiger charge is 2.23. The zero-order valence-electron chi connectivity index (χ0n) is 8.07. The van der Waals surface area contributed by atoms with Gasteiger partial charge in [0, 0.05) is 13.0 Å². The minimum Gasteiger partial charge on any atom is -0.350 e. The number of amides is 2. The van der Waals surface area contributed by atoms with E-state index in [1.165, 1.54) is 12.3 Å². The molecule has 1 heterocycles. The number of hydrogen-bond acceptors (Lipinski definition) is 3. The summed E-state index contributed by atoms with van der Waals surface area (Å²) in [5.74, 6) is -0.126. The largest absolute Gasteiger partial charge is 0.350 e. The maximum absolute atomic E-state index is 11.1. The van der Waals surface area contributed by atoms with Gasteiger partial charge in [0.15, 0.2) is 6.04 Å². The average Bonchev–Trinajstić information content (AvgIpc) is 2.08. The fraction of sp³-hybridized carbons (Fsp3) is 0.375. The normalized spacial score (nSPS) is 21.0. The van der Waals surface area contributed by atoms with Crippen LogP contribution in [0.3, 0.4) is 0 Å². The van der Waals surface area contributed by atoms with Crippen LogP contribution >= 0.6 is 0 Å². The van der Waals surface area contributed by atoms with Crippen molar-refractivity contribution in [1.82, 2.24) is 10.9 Å². The maximum atomic E-state index is 11.1. The van der Waals surface area contributed by atoms with Gasteiger partial charge in [-0.1, -0.05) is 0 Å². The Morgan fingerprint density at radius 1 is 1.64 bits per heavy atom. The van der Waals surface area contributed by atoms with Crippen LogP contribution in [0.15, 0.2) is 11.8 Å². The van der Waals surface area contributed by atoms with Gasteiger partial charge < -0.3 is 5.73 Å². The van der Waals surface area contributed by atoms with E-state index in [0.717, 1.165) is 0 Å². The van der Waals surface area contributed by atoms with E-state index in [9.17, 15) is 9.59 Å². The lowest BCUT2D eigenvalue weighted by Crippen LogP contribution is -2.46. The number of nitrogens with zero attached hydrogens (tertiary/aromatic N) is 1. The molecule has 0 radical (unpaired) electrons. The molecule has 0 aromatic carbocycles. The average molecular weight is 197 g/mol. The predicted octanol–water partition coefficient (Wildman–Crippen LogP) is -1.27. The molecule has 0 aliphatic carbocycles. The van der Waals surface area contributed by atoms with Crippen molar-refractivity contribution in [3.8, 4) is 0 Å². The van der Waals surface area contributed by atoms with Crippen molar-refractivity contribution in [2.24, 2.45) is 5.73 Å². The van der Waals surface area contributed by atoms with Crippen LogP contribution in [0.4, 0.5) is 4.79 Å². The zero-order chi connectivity index (χ0) is 10.7. The van der Waals surface area contributed by atoms with Gasteiger partial charge >= 0.3 is 6.03 Å². The van der Waals surface area contributed by atoms with Crippen LogP contribution in [0.2, 0.25) is 0 Å². The highest BCUT2D eigenvalue weighted by Crippen LogP contribution is 2.04. The fourth-order valence-corrected chi connectivity index (χ4v) is 1.12. The highest BCUT2D eigenvalue weighted by atomic mass is 16.2. The van der Waals surface area contributed by atoms with E-state index in [1.807, 2.05) is 6.92 Å². The Morgan fingerprint density at radius 3 is 2.86 bits per heavy atom. The summed E-state index contributed by atoms with van der Waals surface area (Å²) in [7, 11) is 1.78. The molecule has 1 rings (SSSR count). The molecule has 2 amide bonds. The standard InChI is InChI=1S/C8H12N4O2/c1-5-7(10-11-8(9)14)3-6(13)4-12(5)2/h3-5H,1-2H3,(H3,9,13,14)/p+1. The number of primary amides is 1. The molecule has 1 unspecified atom stereocenters. The van der Waals surface area contributed by atoms with Crippen LogP contribution in [0.25, 0.3) is 0 Å². The lowest BCUT2D eigenvalue weighted by atomic mass is 10.1. The molecule has 6 heteroatoms. The van der Waals surface area contributed by atoms with E-state index in [1.54, 1.807) is 11.6 Å². The third-order valence-electron chi connectivity index (χ3n) is 2.02. The van der Waals surface area contributed by atoms with E-state index in [-0.39, 0.29) is 11.8 Å². The number of allylic oxidation sites excluding steroid dienone is 1. The molecule has 0 saturated heterocycles. The SMILES string of the molecule is CC1C(NNC(N)=O)=CC(=O)C=[N+]1C. The van der Waals surface area contributed by atoms with Gasteiger partial charge in [0.25, 0.3) is 0 Å². The molecule has 6 nitrogen and oxygen atoms in total. The number of carbonyl (C=O) groups is 2. The molecule has 1 aliphatic heterocycles. The smallest absolute Gasteiger partial charge is 0.330 e. The van der Waals surface area contributed by atoms with Gasteiger partial charge in [-0.3, -0.25) is 15.6 Å². The van der Waals surface area contributed by atoms with Crippen molar-refractivity contribution in [3.05, 3.63) is 11.8 Å². The predicted molar refractivity (Wildman–Crippen MR) is 50.7 cm³/mol. The Kier molecular flexibility index (Phi) is 2.85. The summed E-state index contributed by atoms with van der Waals surface area (Å²) in [6.45, 7) is 1.89. The minimum atomic E-state index is -0.692. The summed E-state index contributed by atoms with van der Waals surface area (Å²) in [6.07, 6.45) is 2.90. The molecule has 0 aromatic heterocycles. The highest BCUT2D eigenvalue weighted by molar-refractivity contribution is 6.31. The molecule has 76 valence electrons. The second-order valence-electron chi connectivity index (χ2n) is 3.09. The van der Waals surface area contributed by atoms with Gasteiger partial charge in [-0.05, 0) is 0 Å². The van der Waals surface area contributed by atoms with E-state index >= 15 is 0 Å². The molecular formula is C8H13N4O2+. The topological polar surface area (TPSA) is 87.2 Å². The first-order valence-electron chi connectivity index (χ1n) is 4.14. The molecule has 0 bridgehead atoms. The first-order valence-corrected chi connectivity index (χ1v) is 4.14. The van der Waals surface area contributed by atoms with E-state index < -0.39 is 6.03 Å². The Balaban J connectivity index is 2.69. The summed E-state index contributed by atoms with van der Waals surface area (Å²) in [5.41, 5.74) is 10.3. The number of rotatable bonds is 2. The summed E-state index contributed by atoms with van der Waals surface area (Å²) < 4.78 is 1.74. The second kappa shape index (κ2) is 3.91. The van der Waals surface area contributed by atoms with Crippen molar-refractivity contribution in [2.75, 3.05) is 7.05 Å². The molecule has 14 heavy (non-hydrogen) atoms. The lowest BCUT2D eigenvalue weighted by Gasteiger charge is -2.16. The van der Waals surface area contributed by atoms with Crippen molar-refractivity contribution in [1.29, 1.82) is 0 Å². The first-order chi connectivity index (χ1) is 6.50. The van der Waals surface area contributed by atoms with Crippen molar-refractivity contribution < 1.29 is 14.2 Å². The van der Waals surface area contributed by atoms with Gasteiger partial charge in [-0.25, -0.2) is 9.37 Å². The minimum absolute atomic E-state index is 0.000417. The summed E-state index contributed by atoms with van der Waals surface area (Å²) in [6, 6.07) is -0.692. The van der Waals surface area contributed by atoms with Gasteiger partial charge in [0.1, 0.15) is 12.7 Å². The maximum Gasteiger partial charge on any atom is 0.330 e. The van der Waals surface area contributed by atoms with Crippen LogP contribution < -0.4 is 16.6 Å². The third-order valence-corrected chi connectivity index (χ3v) is 2.02. The Hall–Kier alpha value is -1.85. The number of nitrogens with one attached hydrogen (secondary N) is 2. The quantitative estimate of drug-likeness (QED) is 0.381. The van der Waals surface area contributed by atoms with Crippen LogP contribution in [-0.2, 0) is 4.79 Å². The number of hydrogen-bond donors (Lipinski definition) is 3. The number of nitrogens with two attached hydrogens (primary N) is 1. The van der Waals surface area contributed by atoms with Gasteiger partial charge in [-0.2, -0.15) is 0 Å². The van der Waals surface area contributed by atoms with Crippen LogP contribution in [0.1, 0.15) is 6.92 Å². The fourth-order valence-electron chi connectivity index (χ4n) is 1.12. The second-order valence-corrected chi connectivity index (χ2v) is 3.09. The van der Waals surface area contributed by atoms with E-state index in [4.69, 9.17) is 5.73 Å². The van der Waals surface area contributed by atoms with Crippen LogP contribution in [0.5, 0.6) is 0 Å². The molecule has 0 fully saturated rings. The Morgan fingerprint density at radius 2 is 2.29 bits per heavy atom. The molecule has 0 spiro atoms. The lowest BCUT2D eigenvalue weighted by molar-refractivity contribution is -0.520. The zero-order valence-corrected chi connectivity index (χ0v) is 8.07. The third kappa shape index (κ3) is 2.32. The van der Waals surface area contributed by atoms with E-state index in [2.05, 4.69) is 10.9 Å². The molecule has 0 aromatic rings. The summed E-state index contributed by atoms with van der Waals surface area (Å²) >= 11 is 0. The first kappa shape index (κ1) is 10.2. The van der Waals surface area contributed by atoms with Crippen molar-refractivity contribution in [3.63, 3.8) is 0 Å². The molecule has 1 aliphatic rings. The van der Waals surface area contributed by atoms with Crippen molar-refractivity contribution in [2.45, 2.75) is 13.0 Å². The number of urea groups is 1. The van der Waals surface area contributed by atoms with Gasteiger partial charge in [0.2, 0.25) is 12.0 Å². The Bertz CT molecular complexity index is 332. The molecule has 0 saturated carbocycles. The molecule has 4 N–H and O–H groups in total. The monoisotopic (exact) mass is 197 g/mol. The number of ketones is 1.